The van der Waals surface area contributed by atoms with E-state index in [0.29, 0.717) is 0 Å². The summed E-state index contributed by atoms with van der Waals surface area (Å²) >= 11 is 3.45. The van der Waals surface area contributed by atoms with Gasteiger partial charge in [0, 0.05) is 24.1 Å². The van der Waals surface area contributed by atoms with Crippen LogP contribution in [0.25, 0.3) is 0 Å². The average Bonchev–Trinajstić information content (AvgIpc) is 2.87. The molecule has 1 unspecified atom stereocenters. The van der Waals surface area contributed by atoms with E-state index in [-0.39, 0.29) is 0 Å². The molecule has 2 aromatic carbocycles. The second-order valence-corrected chi connectivity index (χ2v) is 6.25. The van der Waals surface area contributed by atoms with Gasteiger partial charge in [0.05, 0.1) is 6.10 Å². The van der Waals surface area contributed by atoms with Crippen molar-refractivity contribution in [2.24, 2.45) is 0 Å². The van der Waals surface area contributed by atoms with Crippen molar-refractivity contribution in [3.63, 3.8) is 0 Å². The van der Waals surface area contributed by atoms with Gasteiger partial charge >= 0.3 is 0 Å². The molecule has 0 saturated carbocycles. The Kier molecular flexibility index (Phi) is 4.20. The first-order valence-corrected chi connectivity index (χ1v) is 7.74. The van der Waals surface area contributed by atoms with Crippen molar-refractivity contribution in [3.8, 4) is 0 Å². The van der Waals surface area contributed by atoms with Gasteiger partial charge in [0.2, 0.25) is 0 Å². The number of rotatable bonds is 4. The maximum Gasteiger partial charge on any atom is 0.0802 e. The van der Waals surface area contributed by atoms with Crippen molar-refractivity contribution in [2.45, 2.75) is 25.6 Å². The van der Waals surface area contributed by atoms with Gasteiger partial charge in [-0.15, -0.1) is 0 Å². The summed E-state index contributed by atoms with van der Waals surface area (Å²) in [7, 11) is 0. The predicted molar refractivity (Wildman–Crippen MR) is 84.3 cm³/mol. The number of fused-ring (bicyclic) bond motifs is 1. The molecule has 104 valence electrons. The van der Waals surface area contributed by atoms with Crippen LogP contribution in [0.4, 0.5) is 0 Å². The SMILES string of the molecule is OC(CCN1Cc2ccccc2C1)c1cccc(Br)c1. The maximum atomic E-state index is 10.3. The smallest absolute Gasteiger partial charge is 0.0802 e. The van der Waals surface area contributed by atoms with Gasteiger partial charge in [0.1, 0.15) is 0 Å². The van der Waals surface area contributed by atoms with Gasteiger partial charge in [0.25, 0.3) is 0 Å². The molecule has 1 aliphatic heterocycles. The highest BCUT2D eigenvalue weighted by molar-refractivity contribution is 9.10. The number of hydrogen-bond acceptors (Lipinski definition) is 2. The molecule has 0 fully saturated rings. The molecule has 0 bridgehead atoms. The Hall–Kier alpha value is -1.16. The molecular formula is C17H18BrNO. The van der Waals surface area contributed by atoms with Gasteiger partial charge in [-0.25, -0.2) is 0 Å². The third kappa shape index (κ3) is 3.11. The van der Waals surface area contributed by atoms with Crippen LogP contribution in [-0.4, -0.2) is 16.6 Å². The van der Waals surface area contributed by atoms with Crippen LogP contribution >= 0.6 is 15.9 Å². The van der Waals surface area contributed by atoms with E-state index in [2.05, 4.69) is 45.1 Å². The van der Waals surface area contributed by atoms with E-state index in [9.17, 15) is 5.11 Å². The molecule has 1 heterocycles. The molecule has 0 amide bonds. The maximum absolute atomic E-state index is 10.3. The van der Waals surface area contributed by atoms with Crippen LogP contribution in [0.15, 0.2) is 53.0 Å². The minimum absolute atomic E-state index is 0.392. The summed E-state index contributed by atoms with van der Waals surface area (Å²) < 4.78 is 1.02. The van der Waals surface area contributed by atoms with Crippen LogP contribution in [0.1, 0.15) is 29.2 Å². The van der Waals surface area contributed by atoms with Crippen molar-refractivity contribution in [1.29, 1.82) is 0 Å². The fourth-order valence-corrected chi connectivity index (χ4v) is 3.16. The molecule has 0 aromatic heterocycles. The standard InChI is InChI=1S/C17H18BrNO/c18-16-7-3-6-13(10-16)17(20)8-9-19-11-14-4-1-2-5-15(14)12-19/h1-7,10,17,20H,8-9,11-12H2. The topological polar surface area (TPSA) is 23.5 Å². The second kappa shape index (κ2) is 6.08. The summed E-state index contributed by atoms with van der Waals surface area (Å²) in [5.41, 5.74) is 3.82. The minimum atomic E-state index is -0.392. The summed E-state index contributed by atoms with van der Waals surface area (Å²) in [6, 6.07) is 16.5. The second-order valence-electron chi connectivity index (χ2n) is 5.34. The molecule has 1 N–H and O–H groups in total. The summed E-state index contributed by atoms with van der Waals surface area (Å²) in [6.07, 6.45) is 0.376. The zero-order valence-electron chi connectivity index (χ0n) is 11.3. The fraction of sp³-hybridized carbons (Fsp3) is 0.294. The van der Waals surface area contributed by atoms with Gasteiger partial charge < -0.3 is 5.11 Å². The number of aliphatic hydroxyl groups excluding tert-OH is 1. The van der Waals surface area contributed by atoms with Crippen LogP contribution in [0.2, 0.25) is 0 Å². The summed E-state index contributed by atoms with van der Waals surface area (Å²) in [5, 5.41) is 10.3. The molecule has 2 aromatic rings. The van der Waals surface area contributed by atoms with Gasteiger partial charge in [-0.05, 0) is 35.2 Å². The number of halogens is 1. The lowest BCUT2D eigenvalue weighted by Crippen LogP contribution is -2.19. The van der Waals surface area contributed by atoms with E-state index < -0.39 is 6.10 Å². The zero-order chi connectivity index (χ0) is 13.9. The van der Waals surface area contributed by atoms with Crippen molar-refractivity contribution < 1.29 is 5.11 Å². The molecule has 0 spiro atoms. The summed E-state index contributed by atoms with van der Waals surface area (Å²) in [6.45, 7) is 2.92. The molecule has 1 atom stereocenters. The summed E-state index contributed by atoms with van der Waals surface area (Å²) in [5.74, 6) is 0. The highest BCUT2D eigenvalue weighted by Crippen LogP contribution is 2.25. The van der Waals surface area contributed by atoms with E-state index in [1.54, 1.807) is 0 Å². The number of benzene rings is 2. The lowest BCUT2D eigenvalue weighted by Gasteiger charge is -2.18. The molecule has 0 saturated heterocycles. The fourth-order valence-electron chi connectivity index (χ4n) is 2.75. The van der Waals surface area contributed by atoms with Gasteiger partial charge in [-0.1, -0.05) is 52.3 Å². The molecule has 3 rings (SSSR count). The minimum Gasteiger partial charge on any atom is -0.388 e. The Morgan fingerprint density at radius 1 is 1.05 bits per heavy atom. The largest absolute Gasteiger partial charge is 0.388 e. The normalized spacial score (nSPS) is 16.1. The average molecular weight is 332 g/mol. The Morgan fingerprint density at radius 3 is 2.40 bits per heavy atom. The highest BCUT2D eigenvalue weighted by atomic mass is 79.9. The van der Waals surface area contributed by atoms with E-state index in [0.717, 1.165) is 36.1 Å². The van der Waals surface area contributed by atoms with Crippen LogP contribution in [0.5, 0.6) is 0 Å². The lowest BCUT2D eigenvalue weighted by atomic mass is 10.1. The van der Waals surface area contributed by atoms with Crippen molar-refractivity contribution >= 4 is 15.9 Å². The van der Waals surface area contributed by atoms with Crippen LogP contribution in [0.3, 0.4) is 0 Å². The number of hydrogen-bond donors (Lipinski definition) is 1. The Bertz CT molecular complexity index is 574. The monoisotopic (exact) mass is 331 g/mol. The zero-order valence-corrected chi connectivity index (χ0v) is 12.9. The van der Waals surface area contributed by atoms with Crippen molar-refractivity contribution in [2.75, 3.05) is 6.54 Å². The van der Waals surface area contributed by atoms with Gasteiger partial charge in [0.15, 0.2) is 0 Å². The molecule has 0 aliphatic carbocycles. The Labute approximate surface area is 128 Å². The number of nitrogens with zero attached hydrogens (tertiary/aromatic N) is 1. The Morgan fingerprint density at radius 2 is 1.75 bits per heavy atom. The van der Waals surface area contributed by atoms with E-state index in [1.165, 1.54) is 11.1 Å². The highest BCUT2D eigenvalue weighted by Gasteiger charge is 2.19. The molecule has 2 nitrogen and oxygen atoms in total. The molecule has 3 heteroatoms. The number of aliphatic hydroxyl groups is 1. The predicted octanol–water partition coefficient (Wildman–Crippen LogP) is 3.89. The first-order valence-electron chi connectivity index (χ1n) is 6.95. The van der Waals surface area contributed by atoms with Crippen molar-refractivity contribution in [1.82, 2.24) is 4.90 Å². The van der Waals surface area contributed by atoms with Gasteiger partial charge in [-0.2, -0.15) is 0 Å². The third-order valence-electron chi connectivity index (χ3n) is 3.86. The molecule has 20 heavy (non-hydrogen) atoms. The lowest BCUT2D eigenvalue weighted by molar-refractivity contribution is 0.141. The van der Waals surface area contributed by atoms with E-state index in [4.69, 9.17) is 0 Å². The van der Waals surface area contributed by atoms with Crippen LogP contribution in [0, 0.1) is 0 Å². The first kappa shape index (κ1) is 13.8. The van der Waals surface area contributed by atoms with Gasteiger partial charge in [-0.3, -0.25) is 4.90 Å². The quantitative estimate of drug-likeness (QED) is 0.918. The molecule has 1 aliphatic rings. The summed E-state index contributed by atoms with van der Waals surface area (Å²) in [4.78, 5) is 2.39. The Balaban J connectivity index is 1.56. The molecular weight excluding hydrogens is 314 g/mol. The molecule has 0 radical (unpaired) electrons. The van der Waals surface area contributed by atoms with Crippen molar-refractivity contribution in [3.05, 3.63) is 69.7 Å². The first-order chi connectivity index (χ1) is 9.72. The van der Waals surface area contributed by atoms with E-state index >= 15 is 0 Å². The third-order valence-corrected chi connectivity index (χ3v) is 4.35. The van der Waals surface area contributed by atoms with Crippen LogP contribution < -0.4 is 0 Å². The van der Waals surface area contributed by atoms with Crippen LogP contribution in [-0.2, 0) is 13.1 Å². The van der Waals surface area contributed by atoms with E-state index in [1.807, 2.05) is 24.3 Å².